The van der Waals surface area contributed by atoms with Crippen LogP contribution in [-0.4, -0.2) is 24.0 Å². The summed E-state index contributed by atoms with van der Waals surface area (Å²) in [6.45, 7) is 1.68. The number of nitrogens with zero attached hydrogens (tertiary/aromatic N) is 2. The van der Waals surface area contributed by atoms with Crippen LogP contribution in [-0.2, 0) is 4.79 Å². The Kier molecular flexibility index (Phi) is 6.79. The number of para-hydroxylation sites is 1. The van der Waals surface area contributed by atoms with Gasteiger partial charge in [0.25, 0.3) is 5.91 Å². The molecule has 37 heavy (non-hydrogen) atoms. The molecule has 1 aromatic heterocycles. The predicted molar refractivity (Wildman–Crippen MR) is 141 cm³/mol. The van der Waals surface area contributed by atoms with Crippen LogP contribution in [0.1, 0.15) is 6.92 Å². The van der Waals surface area contributed by atoms with Crippen molar-refractivity contribution in [1.82, 2.24) is 4.98 Å². The van der Waals surface area contributed by atoms with Crippen molar-refractivity contribution in [2.45, 2.75) is 13.0 Å². The summed E-state index contributed by atoms with van der Waals surface area (Å²) in [5.74, 6) is 0.479. The van der Waals surface area contributed by atoms with Crippen LogP contribution in [0.15, 0.2) is 95.4 Å². The summed E-state index contributed by atoms with van der Waals surface area (Å²) in [5.41, 5.74) is 3.45. The van der Waals surface area contributed by atoms with Gasteiger partial charge >= 0.3 is 6.08 Å². The summed E-state index contributed by atoms with van der Waals surface area (Å²) in [6.07, 6.45) is -0.655. The predicted octanol–water partition coefficient (Wildman–Crippen LogP) is 7.51. The Morgan fingerprint density at radius 3 is 2.49 bits per heavy atom. The van der Waals surface area contributed by atoms with E-state index >= 15 is 0 Å². The van der Waals surface area contributed by atoms with Crippen molar-refractivity contribution in [3.63, 3.8) is 0 Å². The van der Waals surface area contributed by atoms with Crippen molar-refractivity contribution in [3.05, 3.63) is 102 Å². The smallest absolute Gasteiger partial charge is 0.400 e. The van der Waals surface area contributed by atoms with E-state index in [0.717, 1.165) is 11.1 Å². The number of anilines is 1. The molecule has 8 heteroatoms. The number of carbonyl (C=O) groups excluding carboxylic acids is 1. The number of rotatable bonds is 7. The first-order chi connectivity index (χ1) is 17.9. The summed E-state index contributed by atoms with van der Waals surface area (Å²) in [7, 11) is 1.63. The molecule has 0 saturated heterocycles. The van der Waals surface area contributed by atoms with Crippen LogP contribution in [0.25, 0.3) is 22.2 Å². The van der Waals surface area contributed by atoms with Gasteiger partial charge in [0, 0.05) is 29.4 Å². The fraction of sp³-hybridized carbons (Fsp3) is 0.103. The second-order valence-electron chi connectivity index (χ2n) is 8.35. The normalized spacial score (nSPS) is 11.8. The lowest BCUT2D eigenvalue weighted by Gasteiger charge is -2.23. The van der Waals surface area contributed by atoms with E-state index in [4.69, 9.17) is 25.5 Å². The highest BCUT2D eigenvalue weighted by Crippen LogP contribution is 2.33. The van der Waals surface area contributed by atoms with E-state index in [1.54, 1.807) is 56.4 Å². The van der Waals surface area contributed by atoms with Gasteiger partial charge in [-0.05, 0) is 67.1 Å². The second-order valence-corrected chi connectivity index (χ2v) is 8.78. The SMILES string of the molecule is C[C@@H](Oc1ccccc1-c1ccc(Oc2nc3ccc(Cl)cc3o2)cc1)C(=O)N(C)c1ccc(F)cc1. The van der Waals surface area contributed by atoms with Crippen molar-refractivity contribution in [2.24, 2.45) is 0 Å². The molecule has 0 saturated carbocycles. The topological polar surface area (TPSA) is 64.8 Å². The number of halogens is 2. The van der Waals surface area contributed by atoms with Gasteiger partial charge in [0.15, 0.2) is 11.7 Å². The van der Waals surface area contributed by atoms with Gasteiger partial charge in [0.1, 0.15) is 22.8 Å². The number of aromatic nitrogens is 1. The molecule has 5 rings (SSSR count). The molecular formula is C29H22ClFN2O4. The monoisotopic (exact) mass is 516 g/mol. The van der Waals surface area contributed by atoms with E-state index in [1.165, 1.54) is 17.0 Å². The minimum Gasteiger partial charge on any atom is -0.480 e. The van der Waals surface area contributed by atoms with Gasteiger partial charge in [-0.3, -0.25) is 4.79 Å². The number of likely N-dealkylation sites (N-methyl/N-ethyl adjacent to an activating group) is 1. The highest BCUT2D eigenvalue weighted by Gasteiger charge is 2.22. The Bertz CT molecular complexity index is 1550. The van der Waals surface area contributed by atoms with E-state index < -0.39 is 6.10 Å². The molecule has 4 aromatic carbocycles. The van der Waals surface area contributed by atoms with Gasteiger partial charge in [-0.2, -0.15) is 4.98 Å². The summed E-state index contributed by atoms with van der Waals surface area (Å²) in [5, 5.41) is 0.554. The third-order valence-electron chi connectivity index (χ3n) is 5.78. The van der Waals surface area contributed by atoms with Gasteiger partial charge < -0.3 is 18.8 Å². The lowest BCUT2D eigenvalue weighted by Crippen LogP contribution is -2.38. The zero-order valence-corrected chi connectivity index (χ0v) is 20.8. The third-order valence-corrected chi connectivity index (χ3v) is 6.02. The van der Waals surface area contributed by atoms with Crippen LogP contribution in [0, 0.1) is 5.82 Å². The molecule has 186 valence electrons. The Labute approximate surface area is 217 Å². The number of ether oxygens (including phenoxy) is 2. The van der Waals surface area contributed by atoms with Gasteiger partial charge in [-0.15, -0.1) is 0 Å². The van der Waals surface area contributed by atoms with Crippen LogP contribution >= 0.6 is 11.6 Å². The fourth-order valence-corrected chi connectivity index (χ4v) is 4.00. The maximum Gasteiger partial charge on any atom is 0.400 e. The van der Waals surface area contributed by atoms with Crippen molar-refractivity contribution < 1.29 is 23.1 Å². The Morgan fingerprint density at radius 2 is 1.73 bits per heavy atom. The quantitative estimate of drug-likeness (QED) is 0.224. The number of fused-ring (bicyclic) bond motifs is 1. The van der Waals surface area contributed by atoms with Crippen molar-refractivity contribution in [3.8, 4) is 28.7 Å². The Balaban J connectivity index is 1.30. The van der Waals surface area contributed by atoms with Gasteiger partial charge in [-0.1, -0.05) is 41.9 Å². The molecule has 0 aliphatic carbocycles. The molecule has 0 radical (unpaired) electrons. The standard InChI is InChI=1S/C29H22ClFN2O4/c1-18(28(34)33(2)22-12-10-21(31)11-13-22)35-26-6-4-3-5-24(26)19-7-14-23(15-8-19)36-29-32-25-16-9-20(30)17-27(25)37-29/h3-18H,1-2H3/t18-/m1/s1. The molecule has 1 atom stereocenters. The second kappa shape index (κ2) is 10.3. The van der Waals surface area contributed by atoms with E-state index in [9.17, 15) is 9.18 Å². The lowest BCUT2D eigenvalue weighted by atomic mass is 10.0. The number of benzene rings is 4. The molecule has 0 spiro atoms. The number of hydrogen-bond donors (Lipinski definition) is 0. The lowest BCUT2D eigenvalue weighted by molar-refractivity contribution is -0.124. The molecular weight excluding hydrogens is 495 g/mol. The molecule has 0 unspecified atom stereocenters. The van der Waals surface area contributed by atoms with Gasteiger partial charge in [0.05, 0.1) is 0 Å². The number of carbonyl (C=O) groups is 1. The molecule has 0 bridgehead atoms. The summed E-state index contributed by atoms with van der Waals surface area (Å²) >= 11 is 6.00. The minimum atomic E-state index is -0.772. The molecule has 0 N–H and O–H groups in total. The average molecular weight is 517 g/mol. The van der Waals surface area contributed by atoms with Crippen LogP contribution in [0.2, 0.25) is 5.02 Å². The Hall–Kier alpha value is -4.36. The Morgan fingerprint density at radius 1 is 1.00 bits per heavy atom. The summed E-state index contributed by atoms with van der Waals surface area (Å²) in [4.78, 5) is 18.7. The molecule has 1 heterocycles. The van der Waals surface area contributed by atoms with Gasteiger partial charge in [0.2, 0.25) is 0 Å². The third kappa shape index (κ3) is 5.42. The maximum atomic E-state index is 13.2. The zero-order valence-electron chi connectivity index (χ0n) is 20.0. The van der Waals surface area contributed by atoms with Crippen molar-refractivity contribution >= 4 is 34.3 Å². The molecule has 0 fully saturated rings. The van der Waals surface area contributed by atoms with E-state index in [2.05, 4.69) is 4.98 Å². The highest BCUT2D eigenvalue weighted by atomic mass is 35.5. The number of amides is 1. The molecule has 6 nitrogen and oxygen atoms in total. The zero-order chi connectivity index (χ0) is 25.9. The van der Waals surface area contributed by atoms with E-state index in [1.807, 2.05) is 36.4 Å². The summed E-state index contributed by atoms with van der Waals surface area (Å²) < 4.78 is 30.7. The van der Waals surface area contributed by atoms with Crippen LogP contribution in [0.3, 0.4) is 0 Å². The molecule has 1 amide bonds. The first-order valence-corrected chi connectivity index (χ1v) is 11.9. The molecule has 0 aliphatic rings. The fourth-order valence-electron chi connectivity index (χ4n) is 3.84. The average Bonchev–Trinajstić information content (AvgIpc) is 3.30. The maximum absolute atomic E-state index is 13.2. The van der Waals surface area contributed by atoms with Crippen molar-refractivity contribution in [1.29, 1.82) is 0 Å². The highest BCUT2D eigenvalue weighted by molar-refractivity contribution is 6.31. The first kappa shape index (κ1) is 24.3. The first-order valence-electron chi connectivity index (χ1n) is 11.5. The van der Waals surface area contributed by atoms with Crippen LogP contribution in [0.4, 0.5) is 10.1 Å². The van der Waals surface area contributed by atoms with Crippen LogP contribution in [0.5, 0.6) is 17.6 Å². The molecule has 5 aromatic rings. The summed E-state index contributed by atoms with van der Waals surface area (Å²) in [6, 6.07) is 25.7. The van der Waals surface area contributed by atoms with Crippen molar-refractivity contribution in [2.75, 3.05) is 11.9 Å². The van der Waals surface area contributed by atoms with E-state index in [0.29, 0.717) is 33.3 Å². The number of hydrogen-bond acceptors (Lipinski definition) is 5. The molecule has 0 aliphatic heterocycles. The minimum absolute atomic E-state index is 0.117. The van der Waals surface area contributed by atoms with Gasteiger partial charge in [-0.25, -0.2) is 4.39 Å². The number of oxazole rings is 1. The largest absolute Gasteiger partial charge is 0.480 e. The van der Waals surface area contributed by atoms with Crippen LogP contribution < -0.4 is 14.4 Å². The van der Waals surface area contributed by atoms with E-state index in [-0.39, 0.29) is 17.8 Å².